The Balaban J connectivity index is 3.38. The first-order chi connectivity index (χ1) is 38.0. The molecular formula is C71H135NO5. The lowest BCUT2D eigenvalue weighted by Gasteiger charge is -2.20. The van der Waals surface area contributed by atoms with E-state index in [1.54, 1.807) is 6.08 Å². The summed E-state index contributed by atoms with van der Waals surface area (Å²) in [5, 5.41) is 23.1. The minimum Gasteiger partial charge on any atom is -0.466 e. The summed E-state index contributed by atoms with van der Waals surface area (Å²) in [6.45, 7) is 4.92. The number of unbranched alkanes of at least 4 members (excludes halogenated alkanes) is 50. The number of carbonyl (C=O) groups is 2. The first-order valence-corrected chi connectivity index (χ1v) is 34.8. The quantitative estimate of drug-likeness (QED) is 0.0320. The number of hydrogen-bond acceptors (Lipinski definition) is 5. The molecule has 0 aromatic rings. The second-order valence-electron chi connectivity index (χ2n) is 23.9. The molecule has 2 unspecified atom stereocenters. The van der Waals surface area contributed by atoms with Crippen LogP contribution >= 0.6 is 0 Å². The SMILES string of the molecule is CCCCCCCCCCCCC/C=C/C(O)C(CO)NC(=O)CCCCCCCCCCCCCCCCC/C=C\C/C=C\CCCCCCCCCCCOC(=O)CCCCCCCCCCCCCCCCCC. The number of aliphatic hydroxyl groups excluding tert-OH is 2. The number of allylic oxidation sites excluding steroid dienone is 5. The molecule has 0 spiro atoms. The van der Waals surface area contributed by atoms with Gasteiger partial charge in [-0.25, -0.2) is 0 Å². The van der Waals surface area contributed by atoms with E-state index >= 15 is 0 Å². The Labute approximate surface area is 481 Å². The molecule has 0 rings (SSSR count). The minimum atomic E-state index is -0.843. The normalized spacial score (nSPS) is 12.7. The number of carbonyl (C=O) groups excluding carboxylic acids is 2. The highest BCUT2D eigenvalue weighted by Crippen LogP contribution is 2.18. The fraction of sp³-hybridized carbons (Fsp3) is 0.887. The third-order valence-corrected chi connectivity index (χ3v) is 16.2. The van der Waals surface area contributed by atoms with E-state index in [0.29, 0.717) is 19.4 Å². The maximum absolute atomic E-state index is 12.5. The van der Waals surface area contributed by atoms with Gasteiger partial charge in [0.15, 0.2) is 0 Å². The van der Waals surface area contributed by atoms with Gasteiger partial charge in [-0.05, 0) is 64.2 Å². The minimum absolute atomic E-state index is 0.0167. The standard InChI is InChI=1S/C71H135NO5/c1-3-5-7-9-11-13-15-17-18-37-41-45-49-53-57-61-65-71(76)77-66-62-58-54-50-46-42-38-35-33-31-29-27-25-23-21-19-20-22-24-26-28-30-32-34-36-40-44-48-52-56-60-64-70(75)72-68(67-73)69(74)63-59-55-51-47-43-39-16-14-12-10-8-6-4-2/h21,23,27,29,59,63,68-69,73-74H,3-20,22,24-26,28,30-58,60-62,64-67H2,1-2H3,(H,72,75)/b23-21-,29-27-,63-59+. The number of rotatable bonds is 65. The molecule has 2 atom stereocenters. The largest absolute Gasteiger partial charge is 0.466 e. The zero-order valence-corrected chi connectivity index (χ0v) is 52.0. The Bertz CT molecular complexity index is 1250. The lowest BCUT2D eigenvalue weighted by molar-refractivity contribution is -0.143. The number of nitrogens with one attached hydrogen (secondary N) is 1. The van der Waals surface area contributed by atoms with Crippen molar-refractivity contribution in [1.82, 2.24) is 5.32 Å². The zero-order valence-electron chi connectivity index (χ0n) is 52.0. The molecule has 454 valence electrons. The van der Waals surface area contributed by atoms with E-state index in [1.807, 2.05) is 6.08 Å². The highest BCUT2D eigenvalue weighted by Gasteiger charge is 2.18. The van der Waals surface area contributed by atoms with Crippen LogP contribution in [0.5, 0.6) is 0 Å². The van der Waals surface area contributed by atoms with E-state index in [-0.39, 0.29) is 18.5 Å². The molecule has 6 nitrogen and oxygen atoms in total. The third-order valence-electron chi connectivity index (χ3n) is 16.2. The van der Waals surface area contributed by atoms with Gasteiger partial charge in [0.05, 0.1) is 25.4 Å². The van der Waals surface area contributed by atoms with Crippen LogP contribution in [-0.2, 0) is 14.3 Å². The molecule has 3 N–H and O–H groups in total. The van der Waals surface area contributed by atoms with E-state index in [9.17, 15) is 19.8 Å². The van der Waals surface area contributed by atoms with Gasteiger partial charge in [0, 0.05) is 12.8 Å². The molecule has 1 amide bonds. The van der Waals surface area contributed by atoms with Crippen LogP contribution in [0.1, 0.15) is 380 Å². The molecule has 0 aromatic heterocycles. The molecule has 77 heavy (non-hydrogen) atoms. The number of esters is 1. The lowest BCUT2D eigenvalue weighted by atomic mass is 10.0. The molecule has 0 aliphatic carbocycles. The molecular weight excluding hydrogens is 947 g/mol. The Morgan fingerprint density at radius 3 is 0.987 bits per heavy atom. The van der Waals surface area contributed by atoms with Crippen molar-refractivity contribution in [3.63, 3.8) is 0 Å². The topological polar surface area (TPSA) is 95.9 Å². The predicted molar refractivity (Wildman–Crippen MR) is 338 cm³/mol. The van der Waals surface area contributed by atoms with Gasteiger partial charge in [0.25, 0.3) is 0 Å². The van der Waals surface area contributed by atoms with Crippen molar-refractivity contribution < 1.29 is 24.5 Å². The summed E-state index contributed by atoms with van der Waals surface area (Å²) < 4.78 is 5.50. The first kappa shape index (κ1) is 75.1. The number of hydrogen-bond donors (Lipinski definition) is 3. The van der Waals surface area contributed by atoms with Crippen molar-refractivity contribution in [1.29, 1.82) is 0 Å². The third kappa shape index (κ3) is 63.1. The molecule has 0 fully saturated rings. The van der Waals surface area contributed by atoms with Crippen molar-refractivity contribution in [2.75, 3.05) is 13.2 Å². The Morgan fingerprint density at radius 1 is 0.364 bits per heavy atom. The number of aliphatic hydroxyl groups is 2. The van der Waals surface area contributed by atoms with Crippen LogP contribution in [0.3, 0.4) is 0 Å². The second kappa shape index (κ2) is 66.6. The molecule has 0 bridgehead atoms. The van der Waals surface area contributed by atoms with Gasteiger partial charge in [-0.15, -0.1) is 0 Å². The maximum atomic E-state index is 12.5. The van der Waals surface area contributed by atoms with E-state index < -0.39 is 12.1 Å². The van der Waals surface area contributed by atoms with Crippen molar-refractivity contribution in [3.8, 4) is 0 Å². The van der Waals surface area contributed by atoms with Gasteiger partial charge >= 0.3 is 5.97 Å². The summed E-state index contributed by atoms with van der Waals surface area (Å²) in [6, 6.07) is -0.627. The first-order valence-electron chi connectivity index (χ1n) is 34.8. The van der Waals surface area contributed by atoms with Crippen molar-refractivity contribution >= 4 is 11.9 Å². The molecule has 0 heterocycles. The predicted octanol–water partition coefficient (Wildman–Crippen LogP) is 22.3. The smallest absolute Gasteiger partial charge is 0.305 e. The number of ether oxygens (including phenoxy) is 1. The van der Waals surface area contributed by atoms with Gasteiger partial charge in [0.1, 0.15) is 0 Å². The molecule has 0 saturated carbocycles. The van der Waals surface area contributed by atoms with Crippen LogP contribution in [0, 0.1) is 0 Å². The van der Waals surface area contributed by atoms with Gasteiger partial charge in [-0.2, -0.15) is 0 Å². The highest BCUT2D eigenvalue weighted by molar-refractivity contribution is 5.76. The van der Waals surface area contributed by atoms with Crippen molar-refractivity contribution in [2.45, 2.75) is 392 Å². The summed E-state index contributed by atoms with van der Waals surface area (Å²) in [7, 11) is 0. The highest BCUT2D eigenvalue weighted by atomic mass is 16.5. The van der Waals surface area contributed by atoms with Crippen LogP contribution in [0.2, 0.25) is 0 Å². The molecule has 0 aromatic carbocycles. The van der Waals surface area contributed by atoms with Crippen LogP contribution in [-0.4, -0.2) is 47.4 Å². The van der Waals surface area contributed by atoms with Crippen LogP contribution < -0.4 is 5.32 Å². The molecule has 0 radical (unpaired) electrons. The molecule has 6 heteroatoms. The average Bonchev–Trinajstić information content (AvgIpc) is 3.43. The monoisotopic (exact) mass is 1080 g/mol. The van der Waals surface area contributed by atoms with Crippen LogP contribution in [0.25, 0.3) is 0 Å². The summed E-state index contributed by atoms with van der Waals surface area (Å²) in [4.78, 5) is 24.5. The summed E-state index contributed by atoms with van der Waals surface area (Å²) in [6.07, 6.45) is 85.1. The Hall–Kier alpha value is -1.92. The van der Waals surface area contributed by atoms with Gasteiger partial charge in [-0.3, -0.25) is 9.59 Å². The van der Waals surface area contributed by atoms with Crippen molar-refractivity contribution in [3.05, 3.63) is 36.5 Å². The Morgan fingerprint density at radius 2 is 0.649 bits per heavy atom. The van der Waals surface area contributed by atoms with Gasteiger partial charge < -0.3 is 20.3 Å². The molecule has 0 aliphatic heterocycles. The van der Waals surface area contributed by atoms with Gasteiger partial charge in [0.2, 0.25) is 5.91 Å². The van der Waals surface area contributed by atoms with Crippen LogP contribution in [0.15, 0.2) is 36.5 Å². The van der Waals surface area contributed by atoms with E-state index in [4.69, 9.17) is 4.74 Å². The van der Waals surface area contributed by atoms with Crippen molar-refractivity contribution in [2.24, 2.45) is 0 Å². The lowest BCUT2D eigenvalue weighted by Crippen LogP contribution is -2.45. The molecule has 0 saturated heterocycles. The van der Waals surface area contributed by atoms with Crippen LogP contribution in [0.4, 0.5) is 0 Å². The van der Waals surface area contributed by atoms with E-state index in [2.05, 4.69) is 43.5 Å². The number of amides is 1. The summed E-state index contributed by atoms with van der Waals surface area (Å²) in [5.74, 6) is -0.0497. The Kier molecular flexibility index (Phi) is 64.9. The zero-order chi connectivity index (χ0) is 55.7. The van der Waals surface area contributed by atoms with Gasteiger partial charge in [-0.1, -0.05) is 339 Å². The van der Waals surface area contributed by atoms with E-state index in [0.717, 1.165) is 44.9 Å². The second-order valence-corrected chi connectivity index (χ2v) is 23.9. The summed E-state index contributed by atoms with van der Waals surface area (Å²) in [5.41, 5.74) is 0. The maximum Gasteiger partial charge on any atom is 0.305 e. The average molecular weight is 1080 g/mol. The summed E-state index contributed by atoms with van der Waals surface area (Å²) >= 11 is 0. The fourth-order valence-electron chi connectivity index (χ4n) is 10.8. The fourth-order valence-corrected chi connectivity index (χ4v) is 10.8. The molecule has 0 aliphatic rings. The van der Waals surface area contributed by atoms with E-state index in [1.165, 1.54) is 308 Å².